The van der Waals surface area contributed by atoms with Crippen LogP contribution in [-0.2, 0) is 17.3 Å². The molecule has 6 heterocycles. The third kappa shape index (κ3) is 10.6. The summed E-state index contributed by atoms with van der Waals surface area (Å²) >= 11 is 1.82. The second kappa shape index (κ2) is 18.0. The van der Waals surface area contributed by atoms with Crippen LogP contribution in [-0.4, -0.2) is 48.6 Å². The predicted octanol–water partition coefficient (Wildman–Crippen LogP) is 7.14. The topological polar surface area (TPSA) is 97.1 Å². The van der Waals surface area contributed by atoms with E-state index in [-0.39, 0.29) is 0 Å². The summed E-state index contributed by atoms with van der Waals surface area (Å²) in [5, 5.41) is 8.36. The van der Waals surface area contributed by atoms with E-state index < -0.39 is 0 Å². The number of rotatable bonds is 7. The first kappa shape index (κ1) is 34.5. The molecule has 0 N–H and O–H groups in total. The summed E-state index contributed by atoms with van der Waals surface area (Å²) in [4.78, 5) is 16.6. The van der Waals surface area contributed by atoms with Crippen LogP contribution >= 0.6 is 9.69 Å². The van der Waals surface area contributed by atoms with E-state index in [2.05, 4.69) is 62.8 Å². The van der Waals surface area contributed by atoms with Gasteiger partial charge in [-0.3, -0.25) is 0 Å². The molecule has 0 saturated carbocycles. The molecule has 6 rings (SSSR count). The number of pyridine rings is 2. The van der Waals surface area contributed by atoms with Gasteiger partial charge in [-0.2, -0.15) is 10.2 Å². The molecule has 0 amide bonds. The van der Waals surface area contributed by atoms with E-state index in [9.17, 15) is 0 Å². The van der Waals surface area contributed by atoms with Crippen molar-refractivity contribution in [3.8, 4) is 11.6 Å². The second-order valence-electron chi connectivity index (χ2n) is 10.5. The van der Waals surface area contributed by atoms with Gasteiger partial charge in [0.1, 0.15) is 0 Å². The maximum absolute atomic E-state index is 4.57. The van der Waals surface area contributed by atoms with Crippen LogP contribution in [0.2, 0.25) is 0 Å². The summed E-state index contributed by atoms with van der Waals surface area (Å²) in [6.45, 7) is 12.5. The van der Waals surface area contributed by atoms with Crippen LogP contribution in [0.25, 0.3) is 11.6 Å². The van der Waals surface area contributed by atoms with Crippen LogP contribution in [0.15, 0.2) is 98.9 Å². The molecule has 0 radical (unpaired) electrons. The van der Waals surface area contributed by atoms with Gasteiger partial charge in [0.15, 0.2) is 11.6 Å². The van der Waals surface area contributed by atoms with Crippen molar-refractivity contribution in [2.24, 2.45) is 0 Å². The fourth-order valence-corrected chi connectivity index (χ4v) is 4.40. The number of imidazole rings is 2. The predicted molar refractivity (Wildman–Crippen MR) is 171 cm³/mol. The average Bonchev–Trinajstić information content (AvgIpc) is 3.86. The summed E-state index contributed by atoms with van der Waals surface area (Å²) in [6, 6.07) is 8.94. The molecule has 44 heavy (non-hydrogen) atoms. The van der Waals surface area contributed by atoms with Crippen molar-refractivity contribution in [3.63, 3.8) is 0 Å². The Hall–Kier alpha value is -3.95. The number of nitrogens with zero attached hydrogens (tertiary/aromatic N) is 10. The number of aryl methyl sites for hydroxylation is 4. The zero-order valence-corrected chi connectivity index (χ0v) is 28.5. The van der Waals surface area contributed by atoms with E-state index in [0.29, 0.717) is 12.1 Å². The van der Waals surface area contributed by atoms with E-state index in [1.165, 1.54) is 11.1 Å². The molecule has 12 heteroatoms. The average molecular weight is 701 g/mol. The Bertz CT molecular complexity index is 1540. The Morgan fingerprint density at radius 1 is 0.705 bits per heavy atom. The standard InChI is InChI=1S/C12H18N4.2C10H11N3.ClH.Ru/c1-3-12(16-7-5-14-10-16)8-11(2)15-6-4-13-9-15;2*1-8-3-4-11-10(5-8)13-7-9(2)6-12-13;;/h4-7,9-12H,3,8H2,1-2H3;2*3-7H,1-2H3;1H;/q;;;;+1/p-1. The Morgan fingerprint density at radius 3 is 1.55 bits per heavy atom. The van der Waals surface area contributed by atoms with E-state index in [4.69, 9.17) is 0 Å². The van der Waals surface area contributed by atoms with E-state index in [1.807, 2.05) is 132 Å². The van der Waals surface area contributed by atoms with Crippen LogP contribution in [0.5, 0.6) is 0 Å². The van der Waals surface area contributed by atoms with E-state index in [1.54, 1.807) is 21.8 Å². The fourth-order valence-electron chi connectivity index (χ4n) is 4.40. The maximum atomic E-state index is 4.57. The fraction of sp³-hybridized carbons (Fsp3) is 0.312. The molecule has 0 aromatic carbocycles. The van der Waals surface area contributed by atoms with Crippen LogP contribution in [0.3, 0.4) is 0 Å². The van der Waals surface area contributed by atoms with E-state index in [0.717, 1.165) is 35.6 Å². The van der Waals surface area contributed by atoms with Crippen molar-refractivity contribution < 1.29 is 17.3 Å². The molecule has 2 atom stereocenters. The molecular weight excluding hydrogens is 661 g/mol. The molecular formula is C32H40ClN10Ru. The summed E-state index contributed by atoms with van der Waals surface area (Å²) in [5.74, 6) is 1.74. The number of hydrogen-bond acceptors (Lipinski definition) is 6. The van der Waals surface area contributed by atoms with Gasteiger partial charge in [0.2, 0.25) is 0 Å². The minimum absolute atomic E-state index is 0.467. The summed E-state index contributed by atoms with van der Waals surface area (Å²) in [7, 11) is 4.57. The van der Waals surface area contributed by atoms with Crippen molar-refractivity contribution in [2.75, 3.05) is 0 Å². The summed E-state index contributed by atoms with van der Waals surface area (Å²) in [6.07, 6.45) is 24.9. The number of hydrogen-bond donors (Lipinski definition) is 0. The number of aromatic nitrogens is 10. The molecule has 0 aliphatic rings. The Balaban J connectivity index is 0.000000176. The van der Waals surface area contributed by atoms with Crippen molar-refractivity contribution >= 4 is 9.69 Å². The molecule has 0 aliphatic heterocycles. The van der Waals surface area contributed by atoms with Crippen molar-refractivity contribution in [2.45, 2.75) is 66.5 Å². The van der Waals surface area contributed by atoms with Crippen molar-refractivity contribution in [1.29, 1.82) is 0 Å². The molecule has 0 aliphatic carbocycles. The molecule has 2 unspecified atom stereocenters. The minimum atomic E-state index is 0.467. The zero-order chi connectivity index (χ0) is 31.9. The first-order chi connectivity index (χ1) is 21.3. The Labute approximate surface area is 273 Å². The third-order valence-corrected chi connectivity index (χ3v) is 6.76. The first-order valence-corrected chi connectivity index (χ1v) is 16.5. The van der Waals surface area contributed by atoms with Crippen LogP contribution in [0, 0.1) is 27.7 Å². The molecule has 0 fully saturated rings. The van der Waals surface area contributed by atoms with Crippen LogP contribution in [0.1, 0.15) is 61.0 Å². The molecule has 0 saturated heterocycles. The molecule has 6 aromatic rings. The van der Waals surface area contributed by atoms with Gasteiger partial charge < -0.3 is 9.13 Å². The van der Waals surface area contributed by atoms with E-state index >= 15 is 0 Å². The third-order valence-electron chi connectivity index (χ3n) is 6.76. The molecule has 10 nitrogen and oxygen atoms in total. The van der Waals surface area contributed by atoms with Gasteiger partial charge >= 0.3 is 27.0 Å². The Kier molecular flexibility index (Phi) is 14.1. The molecule has 0 bridgehead atoms. The van der Waals surface area contributed by atoms with Crippen LogP contribution < -0.4 is 0 Å². The Morgan fingerprint density at radius 2 is 1.18 bits per heavy atom. The zero-order valence-electron chi connectivity index (χ0n) is 26.0. The molecule has 233 valence electrons. The van der Waals surface area contributed by atoms with Gasteiger partial charge in [-0.1, -0.05) is 6.92 Å². The monoisotopic (exact) mass is 701 g/mol. The van der Waals surface area contributed by atoms with Gasteiger partial charge in [0.05, 0.1) is 25.0 Å². The number of halogens is 1. The van der Waals surface area contributed by atoms with Gasteiger partial charge in [-0.15, -0.1) is 0 Å². The molecule has 6 aromatic heterocycles. The van der Waals surface area contributed by atoms with Gasteiger partial charge in [0.25, 0.3) is 0 Å². The SMILES string of the molecule is CCC(CC(C)n1ccnc1)n1ccnc1.Cc1ccnc(-n2cc(C)cn2)c1.Cc1ccnc(-n2cc(C)cn2)c1.[Cl][Ru]. The quantitative estimate of drug-likeness (QED) is 0.164. The summed E-state index contributed by atoms with van der Waals surface area (Å²) in [5.41, 5.74) is 4.67. The van der Waals surface area contributed by atoms with Gasteiger partial charge in [-0.25, -0.2) is 29.3 Å². The van der Waals surface area contributed by atoms with Gasteiger partial charge in [0, 0.05) is 61.7 Å². The van der Waals surface area contributed by atoms with Crippen molar-refractivity contribution in [1.82, 2.24) is 48.6 Å². The second-order valence-corrected chi connectivity index (χ2v) is 10.5. The normalized spacial score (nSPS) is 11.6. The van der Waals surface area contributed by atoms with Gasteiger partial charge in [-0.05, 0) is 94.0 Å². The van der Waals surface area contributed by atoms with Crippen LogP contribution in [0.4, 0.5) is 0 Å². The first-order valence-electron chi connectivity index (χ1n) is 14.3. The van der Waals surface area contributed by atoms with Crippen molar-refractivity contribution in [3.05, 3.63) is 121 Å². The summed E-state index contributed by atoms with van der Waals surface area (Å²) < 4.78 is 7.90. The molecule has 0 spiro atoms.